The molecule has 84 valence electrons. The van der Waals surface area contributed by atoms with Gasteiger partial charge in [-0.3, -0.25) is 0 Å². The molecule has 2 nitrogen and oxygen atoms in total. The number of rotatable bonds is 6. The highest BCUT2D eigenvalue weighted by molar-refractivity contribution is 7.09. The Kier molecular flexibility index (Phi) is 4.15. The summed E-state index contributed by atoms with van der Waals surface area (Å²) in [6, 6.07) is 0. The van der Waals surface area contributed by atoms with Crippen molar-refractivity contribution in [2.45, 2.75) is 45.6 Å². The number of nitrogens with one attached hydrogen (secondary N) is 1. The summed E-state index contributed by atoms with van der Waals surface area (Å²) < 4.78 is 0. The number of thiazole rings is 1. The minimum atomic E-state index is 0.948. The fraction of sp³-hybridized carbons (Fsp3) is 0.750. The second-order valence-electron chi connectivity index (χ2n) is 4.35. The first-order valence-corrected chi connectivity index (χ1v) is 6.90. The molecule has 0 radical (unpaired) electrons. The van der Waals surface area contributed by atoms with E-state index in [1.807, 2.05) is 0 Å². The fourth-order valence-electron chi connectivity index (χ4n) is 1.90. The third-order valence-electron chi connectivity index (χ3n) is 3.16. The van der Waals surface area contributed by atoms with Crippen LogP contribution in [0.15, 0.2) is 5.38 Å². The zero-order chi connectivity index (χ0) is 10.5. The van der Waals surface area contributed by atoms with Gasteiger partial charge in [-0.25, -0.2) is 4.98 Å². The summed E-state index contributed by atoms with van der Waals surface area (Å²) in [4.78, 5) is 4.54. The first kappa shape index (κ1) is 11.1. The predicted octanol–water partition coefficient (Wildman–Crippen LogP) is 2.99. The number of hydrogen-bond acceptors (Lipinski definition) is 3. The fourth-order valence-corrected chi connectivity index (χ4v) is 2.64. The topological polar surface area (TPSA) is 24.9 Å². The van der Waals surface area contributed by atoms with Gasteiger partial charge >= 0.3 is 0 Å². The summed E-state index contributed by atoms with van der Waals surface area (Å²) in [6.07, 6.45) is 6.78. The Balaban J connectivity index is 1.60. The van der Waals surface area contributed by atoms with Crippen molar-refractivity contribution < 1.29 is 0 Å². The van der Waals surface area contributed by atoms with Gasteiger partial charge in [-0.1, -0.05) is 26.2 Å². The van der Waals surface area contributed by atoms with E-state index < -0.39 is 0 Å². The summed E-state index contributed by atoms with van der Waals surface area (Å²) in [5, 5.41) is 6.91. The van der Waals surface area contributed by atoms with Gasteiger partial charge in [-0.2, -0.15) is 0 Å². The van der Waals surface area contributed by atoms with E-state index in [-0.39, 0.29) is 0 Å². The molecular weight excluding hydrogens is 204 g/mol. The van der Waals surface area contributed by atoms with Crippen LogP contribution in [-0.4, -0.2) is 11.5 Å². The summed E-state index contributed by atoms with van der Waals surface area (Å²) in [5.41, 5.74) is 1.21. The highest BCUT2D eigenvalue weighted by atomic mass is 32.1. The minimum Gasteiger partial charge on any atom is -0.311 e. The molecule has 1 aliphatic rings. The van der Waals surface area contributed by atoms with Gasteiger partial charge < -0.3 is 5.32 Å². The molecule has 1 fully saturated rings. The van der Waals surface area contributed by atoms with Crippen LogP contribution >= 0.6 is 11.3 Å². The minimum absolute atomic E-state index is 0.948. The molecule has 0 saturated heterocycles. The van der Waals surface area contributed by atoms with Crippen molar-refractivity contribution >= 4 is 11.3 Å². The maximum Gasteiger partial charge on any atom is 0.0926 e. The smallest absolute Gasteiger partial charge is 0.0926 e. The molecule has 0 amide bonds. The van der Waals surface area contributed by atoms with Crippen LogP contribution in [0.5, 0.6) is 0 Å². The molecule has 2 rings (SSSR count). The second-order valence-corrected chi connectivity index (χ2v) is 5.29. The second kappa shape index (κ2) is 5.61. The van der Waals surface area contributed by atoms with Crippen molar-refractivity contribution in [2.24, 2.45) is 5.92 Å². The summed E-state index contributed by atoms with van der Waals surface area (Å²) in [7, 11) is 0. The van der Waals surface area contributed by atoms with Gasteiger partial charge in [0, 0.05) is 11.9 Å². The van der Waals surface area contributed by atoms with E-state index in [2.05, 4.69) is 22.6 Å². The molecule has 3 heteroatoms. The highest BCUT2D eigenvalue weighted by Gasteiger charge is 2.16. The van der Waals surface area contributed by atoms with Crippen LogP contribution in [0.2, 0.25) is 0 Å². The Hall–Kier alpha value is -0.410. The average Bonchev–Trinajstić information content (AvgIpc) is 2.62. The van der Waals surface area contributed by atoms with E-state index in [9.17, 15) is 0 Å². The lowest BCUT2D eigenvalue weighted by Crippen LogP contribution is -2.21. The molecule has 0 aliphatic heterocycles. The molecule has 0 spiro atoms. The Labute approximate surface area is 96.1 Å². The molecule has 0 bridgehead atoms. The first-order chi connectivity index (χ1) is 7.38. The number of aryl methyl sites for hydroxylation is 1. The van der Waals surface area contributed by atoms with Crippen molar-refractivity contribution in [2.75, 3.05) is 6.54 Å². The lowest BCUT2D eigenvalue weighted by Gasteiger charge is -2.25. The zero-order valence-corrected chi connectivity index (χ0v) is 10.3. The van der Waals surface area contributed by atoms with Gasteiger partial charge in [0.2, 0.25) is 0 Å². The predicted molar refractivity (Wildman–Crippen MR) is 65.2 cm³/mol. The van der Waals surface area contributed by atoms with Crippen LogP contribution < -0.4 is 5.32 Å². The molecule has 0 unspecified atom stereocenters. The molecule has 1 aliphatic carbocycles. The Morgan fingerprint density at radius 1 is 1.53 bits per heavy atom. The summed E-state index contributed by atoms with van der Waals surface area (Å²) >= 11 is 1.78. The highest BCUT2D eigenvalue weighted by Crippen LogP contribution is 2.28. The molecule has 15 heavy (non-hydrogen) atoms. The molecular formula is C12H20N2S. The normalized spacial score (nSPS) is 16.6. The van der Waals surface area contributed by atoms with Gasteiger partial charge in [0.1, 0.15) is 0 Å². The van der Waals surface area contributed by atoms with Crippen LogP contribution in [0.4, 0.5) is 0 Å². The Morgan fingerprint density at radius 2 is 2.40 bits per heavy atom. The van der Waals surface area contributed by atoms with Crippen molar-refractivity contribution in [1.29, 1.82) is 0 Å². The van der Waals surface area contributed by atoms with Gasteiger partial charge in [-0.05, 0) is 25.3 Å². The van der Waals surface area contributed by atoms with Gasteiger partial charge in [-0.15, -0.1) is 11.3 Å². The molecule has 1 N–H and O–H groups in total. The third kappa shape index (κ3) is 3.28. The molecule has 1 aromatic rings. The molecule has 1 aromatic heterocycles. The maximum atomic E-state index is 4.54. The number of aromatic nitrogens is 1. The third-order valence-corrected chi connectivity index (χ3v) is 4.20. The van der Waals surface area contributed by atoms with Crippen LogP contribution in [0, 0.1) is 5.92 Å². The molecule has 0 atom stereocenters. The lowest BCUT2D eigenvalue weighted by atomic mass is 9.83. The Bertz CT molecular complexity index is 292. The van der Waals surface area contributed by atoms with Gasteiger partial charge in [0.15, 0.2) is 0 Å². The number of hydrogen-bond donors (Lipinski definition) is 1. The summed E-state index contributed by atoms with van der Waals surface area (Å²) in [6.45, 7) is 4.26. The van der Waals surface area contributed by atoms with Crippen LogP contribution in [0.3, 0.4) is 0 Å². The van der Waals surface area contributed by atoms with Crippen LogP contribution in [0.25, 0.3) is 0 Å². The molecule has 0 aromatic carbocycles. The van der Waals surface area contributed by atoms with Crippen molar-refractivity contribution in [3.63, 3.8) is 0 Å². The van der Waals surface area contributed by atoms with Crippen molar-refractivity contribution in [3.05, 3.63) is 16.1 Å². The lowest BCUT2D eigenvalue weighted by molar-refractivity contribution is 0.292. The largest absolute Gasteiger partial charge is 0.311 e. The SMILES string of the molecule is CCc1nc(CNCCC2CCC2)cs1. The van der Waals surface area contributed by atoms with Crippen molar-refractivity contribution in [1.82, 2.24) is 10.3 Å². The van der Waals surface area contributed by atoms with E-state index in [0.29, 0.717) is 0 Å². The van der Waals surface area contributed by atoms with Crippen LogP contribution in [0.1, 0.15) is 43.3 Å². The quantitative estimate of drug-likeness (QED) is 0.751. The van der Waals surface area contributed by atoms with E-state index >= 15 is 0 Å². The molecule has 1 saturated carbocycles. The van der Waals surface area contributed by atoms with E-state index in [4.69, 9.17) is 0 Å². The summed E-state index contributed by atoms with van der Waals surface area (Å²) in [5.74, 6) is 1.01. The standard InChI is InChI=1S/C12H20N2S/c1-2-12-14-11(9-15-12)8-13-7-6-10-4-3-5-10/h9-10,13H,2-8H2,1H3. The average molecular weight is 224 g/mol. The number of nitrogens with zero attached hydrogens (tertiary/aromatic N) is 1. The van der Waals surface area contributed by atoms with Crippen LogP contribution in [-0.2, 0) is 13.0 Å². The van der Waals surface area contributed by atoms with E-state index in [1.165, 1.54) is 36.4 Å². The monoisotopic (exact) mass is 224 g/mol. The zero-order valence-electron chi connectivity index (χ0n) is 9.46. The van der Waals surface area contributed by atoms with Crippen molar-refractivity contribution in [3.8, 4) is 0 Å². The van der Waals surface area contributed by atoms with E-state index in [0.717, 1.165) is 25.4 Å². The first-order valence-electron chi connectivity index (χ1n) is 6.02. The molecule has 1 heterocycles. The van der Waals surface area contributed by atoms with Gasteiger partial charge in [0.05, 0.1) is 10.7 Å². The Morgan fingerprint density at radius 3 is 3.00 bits per heavy atom. The van der Waals surface area contributed by atoms with Gasteiger partial charge in [0.25, 0.3) is 0 Å². The van der Waals surface area contributed by atoms with E-state index in [1.54, 1.807) is 11.3 Å². The maximum absolute atomic E-state index is 4.54.